The molecule has 0 spiro atoms. The van der Waals surface area contributed by atoms with Gasteiger partial charge in [0.1, 0.15) is 12.9 Å². The Balaban J connectivity index is 1.14. The van der Waals surface area contributed by atoms with E-state index in [2.05, 4.69) is 50.9 Å². The van der Waals surface area contributed by atoms with Crippen molar-refractivity contribution in [1.29, 1.82) is 0 Å². The summed E-state index contributed by atoms with van der Waals surface area (Å²) in [5.74, 6) is 0.596. The number of ether oxygens (including phenoxy) is 1. The predicted molar refractivity (Wildman–Crippen MR) is 125 cm³/mol. The number of hydrogen-bond donors (Lipinski definition) is 1. The molecule has 0 bridgehead atoms. The molecule has 3 heterocycles. The number of nitrogens with one attached hydrogen (secondary N) is 1. The van der Waals surface area contributed by atoms with E-state index in [1.807, 2.05) is 18.7 Å². The van der Waals surface area contributed by atoms with Crippen LogP contribution in [0.4, 0.5) is 0 Å². The Labute approximate surface area is 199 Å². The molecular formula is C25H32N6O3. The van der Waals surface area contributed by atoms with Gasteiger partial charge in [0.15, 0.2) is 5.82 Å². The molecule has 9 heteroatoms. The van der Waals surface area contributed by atoms with Crippen molar-refractivity contribution in [3.8, 4) is 11.4 Å². The fraction of sp³-hybridized carbons (Fsp3) is 0.560. The average Bonchev–Trinajstić information content (AvgIpc) is 3.53. The molecule has 1 N–H and O–H groups in total. The van der Waals surface area contributed by atoms with E-state index < -0.39 is 0 Å². The molecule has 1 aliphatic carbocycles. The maximum atomic E-state index is 12.2. The fourth-order valence-electron chi connectivity index (χ4n) is 5.63. The monoisotopic (exact) mass is 464 g/mol. The molecule has 0 saturated heterocycles. The zero-order valence-corrected chi connectivity index (χ0v) is 20.1. The lowest BCUT2D eigenvalue weighted by Crippen LogP contribution is -2.42. The first-order valence-electron chi connectivity index (χ1n) is 12.1. The minimum absolute atomic E-state index is 0.153. The summed E-state index contributed by atoms with van der Waals surface area (Å²) in [4.78, 5) is 26.0. The van der Waals surface area contributed by atoms with E-state index in [0.29, 0.717) is 18.2 Å². The quantitative estimate of drug-likeness (QED) is 0.401. The highest BCUT2D eigenvalue weighted by Gasteiger charge is 2.38. The first kappa shape index (κ1) is 22.7. The summed E-state index contributed by atoms with van der Waals surface area (Å²) in [6.07, 6.45) is 5.68. The summed E-state index contributed by atoms with van der Waals surface area (Å²) in [5.41, 5.74) is 4.89. The molecule has 1 atom stereocenters. The molecule has 9 nitrogen and oxygen atoms in total. The number of aromatic nitrogens is 4. The highest BCUT2D eigenvalue weighted by Crippen LogP contribution is 2.40. The van der Waals surface area contributed by atoms with Gasteiger partial charge in [-0.25, -0.2) is 9.48 Å². The number of likely N-dealkylation sites (N-methyl/N-ethyl adjacent to an activating group) is 1. The maximum absolute atomic E-state index is 12.2. The van der Waals surface area contributed by atoms with Gasteiger partial charge < -0.3 is 19.7 Å². The number of carbonyl (C=O) groups is 2. The van der Waals surface area contributed by atoms with Gasteiger partial charge in [0.2, 0.25) is 0 Å². The number of fused-ring (bicyclic) bond motifs is 3. The lowest BCUT2D eigenvalue weighted by Gasteiger charge is -2.40. The van der Waals surface area contributed by atoms with Gasteiger partial charge >= 0.3 is 5.97 Å². The highest BCUT2D eigenvalue weighted by atomic mass is 16.5. The molecule has 0 radical (unpaired) electrons. The van der Waals surface area contributed by atoms with Gasteiger partial charge in [-0.05, 0) is 67.5 Å². The average molecular weight is 465 g/mol. The van der Waals surface area contributed by atoms with E-state index in [1.165, 1.54) is 17.4 Å². The number of rotatable bonds is 8. The Kier molecular flexibility index (Phi) is 5.97. The summed E-state index contributed by atoms with van der Waals surface area (Å²) < 4.78 is 6.99. The predicted octanol–water partition coefficient (Wildman–Crippen LogP) is 2.46. The Morgan fingerprint density at radius 1 is 1.35 bits per heavy atom. The standard InChI is InChI=1S/C25H32N6O3/c1-16(30(3)22-14-34-24(33)17(22)2)11-25(15-32)8-6-20(7-9-25)26-12-18-4-5-21-19(10-18)13-31-23(21)27-28-29-31/h4-5,10,15-16,20,26H,6-9,11-14H2,1-3H3. The third kappa shape index (κ3) is 4.13. The molecule has 2 aliphatic heterocycles. The molecule has 5 rings (SSSR count). The second-order valence-electron chi connectivity index (χ2n) is 10.1. The molecule has 1 aromatic carbocycles. The smallest absolute Gasteiger partial charge is 0.335 e. The van der Waals surface area contributed by atoms with E-state index in [0.717, 1.165) is 62.3 Å². The van der Waals surface area contributed by atoms with Crippen LogP contribution in [0.15, 0.2) is 29.5 Å². The highest BCUT2D eigenvalue weighted by molar-refractivity contribution is 5.90. The molecule has 1 fully saturated rings. The summed E-state index contributed by atoms with van der Waals surface area (Å²) >= 11 is 0. The van der Waals surface area contributed by atoms with Crippen molar-refractivity contribution in [3.05, 3.63) is 40.6 Å². The maximum Gasteiger partial charge on any atom is 0.335 e. The van der Waals surface area contributed by atoms with Crippen LogP contribution in [0.2, 0.25) is 0 Å². The number of benzene rings is 1. The van der Waals surface area contributed by atoms with Crippen LogP contribution in [0.1, 0.15) is 57.1 Å². The van der Waals surface area contributed by atoms with Crippen LogP contribution in [-0.2, 0) is 27.4 Å². The van der Waals surface area contributed by atoms with Crippen molar-refractivity contribution in [2.45, 2.75) is 71.1 Å². The van der Waals surface area contributed by atoms with E-state index in [9.17, 15) is 9.59 Å². The molecule has 34 heavy (non-hydrogen) atoms. The Bertz CT molecular complexity index is 1130. The number of hydrogen-bond acceptors (Lipinski definition) is 8. The fourth-order valence-corrected chi connectivity index (χ4v) is 5.63. The van der Waals surface area contributed by atoms with Crippen molar-refractivity contribution in [2.75, 3.05) is 13.7 Å². The Morgan fingerprint density at radius 3 is 2.85 bits per heavy atom. The molecule has 3 aliphatic rings. The largest absolute Gasteiger partial charge is 0.456 e. The number of cyclic esters (lactones) is 1. The number of tetrazole rings is 1. The molecule has 1 unspecified atom stereocenters. The van der Waals surface area contributed by atoms with Gasteiger partial charge in [0, 0.05) is 36.7 Å². The topological polar surface area (TPSA) is 102 Å². The van der Waals surface area contributed by atoms with Gasteiger partial charge in [-0.2, -0.15) is 0 Å². The van der Waals surface area contributed by atoms with Gasteiger partial charge in [0.25, 0.3) is 0 Å². The first-order valence-corrected chi connectivity index (χ1v) is 12.1. The molecule has 2 aromatic rings. The summed E-state index contributed by atoms with van der Waals surface area (Å²) in [5, 5.41) is 15.6. The SMILES string of the molecule is CC1=C(N(C)C(C)CC2(C=O)CCC(NCc3ccc4c(c3)Cn3nnnc3-4)CC2)COC1=O. The van der Waals surface area contributed by atoms with Crippen molar-refractivity contribution in [1.82, 2.24) is 30.4 Å². The molecule has 0 amide bonds. The van der Waals surface area contributed by atoms with Gasteiger partial charge in [-0.1, -0.05) is 18.2 Å². The lowest BCUT2D eigenvalue weighted by molar-refractivity contribution is -0.136. The molecule has 1 aromatic heterocycles. The molecule has 1 saturated carbocycles. The van der Waals surface area contributed by atoms with Gasteiger partial charge in [-0.3, -0.25) is 0 Å². The number of aldehydes is 1. The van der Waals surface area contributed by atoms with Crippen LogP contribution in [0, 0.1) is 5.41 Å². The van der Waals surface area contributed by atoms with Gasteiger partial charge in [-0.15, -0.1) is 5.10 Å². The lowest BCUT2D eigenvalue weighted by atomic mass is 9.70. The minimum atomic E-state index is -0.307. The second-order valence-corrected chi connectivity index (χ2v) is 10.1. The van der Waals surface area contributed by atoms with Crippen LogP contribution in [0.3, 0.4) is 0 Å². The second kappa shape index (κ2) is 8.94. The number of nitrogens with zero attached hydrogens (tertiary/aromatic N) is 5. The van der Waals surface area contributed by atoms with Crippen molar-refractivity contribution < 1.29 is 14.3 Å². The number of esters is 1. The van der Waals surface area contributed by atoms with E-state index in [-0.39, 0.29) is 17.4 Å². The van der Waals surface area contributed by atoms with Crippen LogP contribution >= 0.6 is 0 Å². The first-order chi connectivity index (χ1) is 16.4. The van der Waals surface area contributed by atoms with Crippen molar-refractivity contribution in [3.63, 3.8) is 0 Å². The van der Waals surface area contributed by atoms with Crippen LogP contribution in [0.25, 0.3) is 11.4 Å². The molecular weight excluding hydrogens is 432 g/mol. The zero-order valence-electron chi connectivity index (χ0n) is 20.1. The van der Waals surface area contributed by atoms with E-state index in [1.54, 1.807) is 0 Å². The third-order valence-electron chi connectivity index (χ3n) is 7.96. The van der Waals surface area contributed by atoms with Crippen molar-refractivity contribution in [2.24, 2.45) is 5.41 Å². The normalized spacial score (nSPS) is 24.6. The van der Waals surface area contributed by atoms with Crippen LogP contribution in [-0.4, -0.2) is 63.1 Å². The van der Waals surface area contributed by atoms with E-state index >= 15 is 0 Å². The van der Waals surface area contributed by atoms with Crippen LogP contribution in [0.5, 0.6) is 0 Å². The van der Waals surface area contributed by atoms with Gasteiger partial charge in [0.05, 0.1) is 17.8 Å². The van der Waals surface area contributed by atoms with E-state index in [4.69, 9.17) is 4.74 Å². The Hall–Kier alpha value is -3.07. The summed E-state index contributed by atoms with van der Waals surface area (Å²) in [6.45, 7) is 5.79. The summed E-state index contributed by atoms with van der Waals surface area (Å²) in [7, 11) is 1.99. The van der Waals surface area contributed by atoms with Crippen molar-refractivity contribution >= 4 is 12.3 Å². The van der Waals surface area contributed by atoms with Crippen LogP contribution < -0.4 is 5.32 Å². The zero-order chi connectivity index (χ0) is 23.9. The minimum Gasteiger partial charge on any atom is -0.456 e. The molecule has 180 valence electrons. The Morgan fingerprint density at radius 2 is 2.15 bits per heavy atom. The number of carbonyl (C=O) groups excluding carboxylic acids is 2. The third-order valence-corrected chi connectivity index (χ3v) is 7.96. The summed E-state index contributed by atoms with van der Waals surface area (Å²) in [6, 6.07) is 7.03.